The maximum atomic E-state index is 13.2. The maximum absolute atomic E-state index is 13.2. The lowest BCUT2D eigenvalue weighted by Crippen LogP contribution is -2.30. The van der Waals surface area contributed by atoms with Gasteiger partial charge in [0.05, 0.1) is 12.8 Å². The van der Waals surface area contributed by atoms with Crippen molar-refractivity contribution in [3.8, 4) is 5.75 Å². The van der Waals surface area contributed by atoms with Crippen LogP contribution in [0.1, 0.15) is 13.3 Å². The summed E-state index contributed by atoms with van der Waals surface area (Å²) in [7, 11) is 3.51. The first-order valence-electron chi connectivity index (χ1n) is 5.87. The summed E-state index contributed by atoms with van der Waals surface area (Å²) in [5.74, 6) is 0.835. The monoisotopic (exact) mass is 240 g/mol. The first-order chi connectivity index (χ1) is 8.12. The lowest BCUT2D eigenvalue weighted by molar-refractivity contribution is 0.412. The minimum absolute atomic E-state index is 0.256. The SMILES string of the molecule is CCC(CN)CN(C)c1cc(F)ccc1OC. The second-order valence-electron chi connectivity index (χ2n) is 4.21. The van der Waals surface area contributed by atoms with Crippen LogP contribution in [0.3, 0.4) is 0 Å². The van der Waals surface area contributed by atoms with E-state index in [0.29, 0.717) is 18.2 Å². The van der Waals surface area contributed by atoms with Crippen LogP contribution < -0.4 is 15.4 Å². The average Bonchev–Trinajstić information content (AvgIpc) is 2.35. The molecule has 0 fully saturated rings. The van der Waals surface area contributed by atoms with Crippen molar-refractivity contribution in [3.05, 3.63) is 24.0 Å². The third kappa shape index (κ3) is 3.60. The molecule has 2 N–H and O–H groups in total. The summed E-state index contributed by atoms with van der Waals surface area (Å²) in [6.45, 7) is 3.54. The minimum atomic E-state index is -0.256. The Morgan fingerprint density at radius 3 is 2.71 bits per heavy atom. The van der Waals surface area contributed by atoms with Crippen LogP contribution in [-0.2, 0) is 0 Å². The van der Waals surface area contributed by atoms with Gasteiger partial charge in [0.2, 0.25) is 0 Å². The maximum Gasteiger partial charge on any atom is 0.142 e. The van der Waals surface area contributed by atoms with E-state index in [2.05, 4.69) is 6.92 Å². The highest BCUT2D eigenvalue weighted by atomic mass is 19.1. The molecule has 0 saturated heterocycles. The predicted octanol–water partition coefficient (Wildman–Crippen LogP) is 2.26. The van der Waals surface area contributed by atoms with E-state index >= 15 is 0 Å². The number of halogens is 1. The largest absolute Gasteiger partial charge is 0.495 e. The van der Waals surface area contributed by atoms with Crippen molar-refractivity contribution in [2.24, 2.45) is 11.7 Å². The molecule has 1 rings (SSSR count). The fourth-order valence-corrected chi connectivity index (χ4v) is 1.82. The summed E-state index contributed by atoms with van der Waals surface area (Å²) in [5.41, 5.74) is 6.44. The van der Waals surface area contributed by atoms with Gasteiger partial charge < -0.3 is 15.4 Å². The Bertz CT molecular complexity index is 353. The second-order valence-corrected chi connectivity index (χ2v) is 4.21. The van der Waals surface area contributed by atoms with Gasteiger partial charge in [-0.3, -0.25) is 0 Å². The molecule has 0 saturated carbocycles. The number of benzene rings is 1. The van der Waals surface area contributed by atoms with E-state index < -0.39 is 0 Å². The molecule has 0 spiro atoms. The van der Waals surface area contributed by atoms with Gasteiger partial charge in [-0.2, -0.15) is 0 Å². The van der Waals surface area contributed by atoms with Crippen molar-refractivity contribution < 1.29 is 9.13 Å². The average molecular weight is 240 g/mol. The Kier molecular flexibility index (Phi) is 5.22. The van der Waals surface area contributed by atoms with Crippen LogP contribution in [0.5, 0.6) is 5.75 Å². The van der Waals surface area contributed by atoms with Crippen LogP contribution in [-0.4, -0.2) is 27.2 Å². The molecule has 0 aliphatic carbocycles. The van der Waals surface area contributed by atoms with Crippen molar-refractivity contribution in [3.63, 3.8) is 0 Å². The van der Waals surface area contributed by atoms with Crippen LogP contribution in [0.15, 0.2) is 18.2 Å². The van der Waals surface area contributed by atoms with E-state index in [9.17, 15) is 4.39 Å². The Balaban J connectivity index is 2.86. The third-order valence-corrected chi connectivity index (χ3v) is 2.99. The summed E-state index contributed by atoms with van der Waals surface area (Å²) in [6, 6.07) is 4.53. The molecule has 17 heavy (non-hydrogen) atoms. The zero-order chi connectivity index (χ0) is 12.8. The minimum Gasteiger partial charge on any atom is -0.495 e. The Labute approximate surface area is 102 Å². The van der Waals surface area contributed by atoms with Gasteiger partial charge >= 0.3 is 0 Å². The zero-order valence-corrected chi connectivity index (χ0v) is 10.7. The highest BCUT2D eigenvalue weighted by Gasteiger charge is 2.13. The molecular weight excluding hydrogens is 219 g/mol. The summed E-state index contributed by atoms with van der Waals surface area (Å²) in [5, 5.41) is 0. The molecule has 0 heterocycles. The van der Waals surface area contributed by atoms with E-state index in [1.807, 2.05) is 11.9 Å². The van der Waals surface area contributed by atoms with Crippen LogP contribution in [0, 0.1) is 11.7 Å². The van der Waals surface area contributed by atoms with Gasteiger partial charge in [-0.1, -0.05) is 13.3 Å². The summed E-state index contributed by atoms with van der Waals surface area (Å²) in [6.07, 6.45) is 1.01. The van der Waals surface area contributed by atoms with E-state index in [-0.39, 0.29) is 5.82 Å². The van der Waals surface area contributed by atoms with Crippen LogP contribution in [0.4, 0.5) is 10.1 Å². The van der Waals surface area contributed by atoms with E-state index in [1.165, 1.54) is 12.1 Å². The lowest BCUT2D eigenvalue weighted by atomic mass is 10.1. The number of methoxy groups -OCH3 is 1. The van der Waals surface area contributed by atoms with Crippen molar-refractivity contribution in [2.45, 2.75) is 13.3 Å². The van der Waals surface area contributed by atoms with E-state index in [4.69, 9.17) is 10.5 Å². The van der Waals surface area contributed by atoms with Gasteiger partial charge in [0, 0.05) is 19.7 Å². The molecule has 1 atom stereocenters. The third-order valence-electron chi connectivity index (χ3n) is 2.99. The molecule has 1 aromatic carbocycles. The number of nitrogens with two attached hydrogens (primary N) is 1. The molecule has 3 nitrogen and oxygen atoms in total. The van der Waals surface area contributed by atoms with Crippen molar-refractivity contribution in [1.82, 2.24) is 0 Å². The van der Waals surface area contributed by atoms with Gasteiger partial charge in [-0.15, -0.1) is 0 Å². The van der Waals surface area contributed by atoms with Gasteiger partial charge in [-0.25, -0.2) is 4.39 Å². The second kappa shape index (κ2) is 6.45. The molecule has 1 aromatic rings. The van der Waals surface area contributed by atoms with Gasteiger partial charge in [0.15, 0.2) is 0 Å². The predicted molar refractivity (Wildman–Crippen MR) is 69.1 cm³/mol. The number of ether oxygens (including phenoxy) is 1. The van der Waals surface area contributed by atoms with Crippen molar-refractivity contribution in [1.29, 1.82) is 0 Å². The molecule has 0 radical (unpaired) electrons. The van der Waals surface area contributed by atoms with Gasteiger partial charge in [0.1, 0.15) is 11.6 Å². The molecular formula is C13H21FN2O. The van der Waals surface area contributed by atoms with E-state index in [1.54, 1.807) is 13.2 Å². The quantitative estimate of drug-likeness (QED) is 0.829. The highest BCUT2D eigenvalue weighted by molar-refractivity contribution is 5.58. The summed E-state index contributed by atoms with van der Waals surface area (Å²) >= 11 is 0. The van der Waals surface area contributed by atoms with Crippen LogP contribution in [0.2, 0.25) is 0 Å². The molecule has 0 aliphatic heterocycles. The molecule has 0 bridgehead atoms. The Hall–Kier alpha value is -1.29. The summed E-state index contributed by atoms with van der Waals surface area (Å²) in [4.78, 5) is 1.99. The lowest BCUT2D eigenvalue weighted by Gasteiger charge is -2.25. The number of anilines is 1. The Morgan fingerprint density at radius 1 is 1.47 bits per heavy atom. The Morgan fingerprint density at radius 2 is 2.18 bits per heavy atom. The fraction of sp³-hybridized carbons (Fsp3) is 0.538. The topological polar surface area (TPSA) is 38.5 Å². The fourth-order valence-electron chi connectivity index (χ4n) is 1.82. The van der Waals surface area contributed by atoms with Crippen molar-refractivity contribution >= 4 is 5.69 Å². The van der Waals surface area contributed by atoms with Crippen LogP contribution in [0.25, 0.3) is 0 Å². The molecule has 0 aromatic heterocycles. The number of hydrogen-bond donors (Lipinski definition) is 1. The number of hydrogen-bond acceptors (Lipinski definition) is 3. The smallest absolute Gasteiger partial charge is 0.142 e. The zero-order valence-electron chi connectivity index (χ0n) is 10.7. The molecule has 1 unspecified atom stereocenters. The molecule has 0 amide bonds. The standard InChI is InChI=1S/C13H21FN2O/c1-4-10(8-15)9-16(2)12-7-11(14)5-6-13(12)17-3/h5-7,10H,4,8-9,15H2,1-3H3. The molecule has 96 valence electrons. The first-order valence-corrected chi connectivity index (χ1v) is 5.87. The van der Waals surface area contributed by atoms with E-state index in [0.717, 1.165) is 18.7 Å². The van der Waals surface area contributed by atoms with Gasteiger partial charge in [-0.05, 0) is 24.6 Å². The first kappa shape index (κ1) is 13.8. The van der Waals surface area contributed by atoms with Gasteiger partial charge in [0.25, 0.3) is 0 Å². The molecule has 0 aliphatic rings. The highest BCUT2D eigenvalue weighted by Crippen LogP contribution is 2.28. The number of rotatable bonds is 6. The number of nitrogens with zero attached hydrogens (tertiary/aromatic N) is 1. The summed E-state index contributed by atoms with van der Waals surface area (Å²) < 4.78 is 18.5. The van der Waals surface area contributed by atoms with Crippen LogP contribution >= 0.6 is 0 Å². The molecule has 4 heteroatoms. The normalized spacial score (nSPS) is 12.3. The van der Waals surface area contributed by atoms with Crippen molar-refractivity contribution in [2.75, 3.05) is 32.1 Å².